The quantitative estimate of drug-likeness (QED) is 0.367. The van der Waals surface area contributed by atoms with Gasteiger partial charge in [-0.25, -0.2) is 0 Å². The van der Waals surface area contributed by atoms with Gasteiger partial charge in [-0.05, 0) is 70.8 Å². The number of hydrogen-bond acceptors (Lipinski definition) is 5. The Kier molecular flexibility index (Phi) is 13.1. The van der Waals surface area contributed by atoms with Crippen LogP contribution in [0, 0.1) is 11.3 Å². The van der Waals surface area contributed by atoms with Crippen LogP contribution in [0.1, 0.15) is 101 Å². The molecule has 0 aromatic rings. The summed E-state index contributed by atoms with van der Waals surface area (Å²) < 4.78 is 0. The normalized spacial score (nSPS) is 21.8. The lowest BCUT2D eigenvalue weighted by Crippen LogP contribution is -2.60. The average molecular weight is 590 g/mol. The van der Waals surface area contributed by atoms with Gasteiger partial charge in [0.25, 0.3) is 0 Å². The van der Waals surface area contributed by atoms with E-state index in [4.69, 9.17) is 0 Å². The highest BCUT2D eigenvalue weighted by molar-refractivity contribution is 5.97. The van der Waals surface area contributed by atoms with Gasteiger partial charge in [-0.3, -0.25) is 24.1 Å². The molecule has 2 aliphatic heterocycles. The van der Waals surface area contributed by atoms with E-state index in [1.807, 2.05) is 47.6 Å². The van der Waals surface area contributed by atoms with Crippen LogP contribution in [0.5, 0.6) is 0 Å². The van der Waals surface area contributed by atoms with Crippen molar-refractivity contribution in [3.8, 4) is 0 Å². The fourth-order valence-electron chi connectivity index (χ4n) is 6.36. The molecule has 0 bridgehead atoms. The van der Waals surface area contributed by atoms with Gasteiger partial charge in [0.15, 0.2) is 0 Å². The van der Waals surface area contributed by atoms with E-state index >= 15 is 0 Å². The summed E-state index contributed by atoms with van der Waals surface area (Å²) in [4.78, 5) is 61.6. The van der Waals surface area contributed by atoms with Gasteiger partial charge in [-0.1, -0.05) is 54.0 Å². The molecule has 2 heterocycles. The first-order valence-corrected chi connectivity index (χ1v) is 16.1. The molecule has 0 aliphatic carbocycles. The molecular weight excluding hydrogens is 530 g/mol. The molecule has 0 aromatic heterocycles. The molecule has 9 nitrogen and oxygen atoms in total. The monoisotopic (exact) mass is 589 g/mol. The first-order valence-electron chi connectivity index (χ1n) is 16.1. The van der Waals surface area contributed by atoms with Gasteiger partial charge in [-0.2, -0.15) is 0 Å². The third-order valence-corrected chi connectivity index (χ3v) is 8.88. The van der Waals surface area contributed by atoms with E-state index in [-0.39, 0.29) is 47.7 Å². The third-order valence-electron chi connectivity index (χ3n) is 8.88. The number of nitrogens with zero attached hydrogens (tertiary/aromatic N) is 4. The van der Waals surface area contributed by atoms with E-state index in [0.29, 0.717) is 25.1 Å². The molecular formula is C33H59N5O4. The maximum Gasteiger partial charge on any atom is 0.249 e. The van der Waals surface area contributed by atoms with Crippen LogP contribution in [0.4, 0.5) is 0 Å². The molecule has 0 spiro atoms. The number of piperidine rings is 1. The van der Waals surface area contributed by atoms with Crippen LogP contribution >= 0.6 is 0 Å². The Hall–Kier alpha value is -2.42. The van der Waals surface area contributed by atoms with Crippen LogP contribution in [0.3, 0.4) is 0 Å². The van der Waals surface area contributed by atoms with E-state index in [1.165, 1.54) is 0 Å². The number of rotatable bonds is 11. The molecule has 4 atom stereocenters. The summed E-state index contributed by atoms with van der Waals surface area (Å²) in [5, 5.41) is 3.14. The van der Waals surface area contributed by atoms with Gasteiger partial charge in [0.05, 0.1) is 12.1 Å². The lowest BCUT2D eigenvalue weighted by atomic mass is 9.84. The summed E-state index contributed by atoms with van der Waals surface area (Å²) in [6, 6.07) is -1.51. The maximum absolute atomic E-state index is 14.1. The highest BCUT2D eigenvalue weighted by atomic mass is 16.2. The second-order valence-electron chi connectivity index (χ2n) is 14.1. The van der Waals surface area contributed by atoms with E-state index in [1.54, 1.807) is 35.7 Å². The van der Waals surface area contributed by atoms with Crippen LogP contribution in [-0.4, -0.2) is 107 Å². The van der Waals surface area contributed by atoms with Crippen molar-refractivity contribution < 1.29 is 19.2 Å². The van der Waals surface area contributed by atoms with Crippen molar-refractivity contribution in [2.45, 2.75) is 131 Å². The van der Waals surface area contributed by atoms with Crippen LogP contribution in [0.15, 0.2) is 11.6 Å². The van der Waals surface area contributed by atoms with Gasteiger partial charge in [-0.15, -0.1) is 0 Å². The second kappa shape index (κ2) is 15.3. The van der Waals surface area contributed by atoms with E-state index in [2.05, 4.69) is 24.1 Å². The Morgan fingerprint density at radius 2 is 1.57 bits per heavy atom. The van der Waals surface area contributed by atoms with E-state index in [9.17, 15) is 19.2 Å². The highest BCUT2D eigenvalue weighted by Gasteiger charge is 2.40. The molecule has 1 N–H and O–H groups in total. The second-order valence-corrected chi connectivity index (χ2v) is 14.1. The summed E-state index contributed by atoms with van der Waals surface area (Å²) in [6.45, 7) is 20.1. The number of likely N-dealkylation sites (tertiary alicyclic amines) is 2. The number of hydrogen-bond donors (Lipinski definition) is 1. The lowest BCUT2D eigenvalue weighted by Gasteiger charge is -2.41. The zero-order valence-electron chi connectivity index (χ0n) is 28.3. The molecule has 0 saturated carbocycles. The molecule has 0 radical (unpaired) electrons. The predicted molar refractivity (Wildman–Crippen MR) is 169 cm³/mol. The number of likely N-dealkylation sites (N-methyl/N-ethyl adjacent to an activating group) is 2. The topological polar surface area (TPSA) is 93.3 Å². The minimum atomic E-state index is -0.716. The van der Waals surface area contributed by atoms with Crippen molar-refractivity contribution in [3.05, 3.63) is 11.6 Å². The zero-order valence-corrected chi connectivity index (χ0v) is 28.3. The van der Waals surface area contributed by atoms with Gasteiger partial charge >= 0.3 is 0 Å². The van der Waals surface area contributed by atoms with E-state index < -0.39 is 17.5 Å². The Bertz CT molecular complexity index is 985. The molecule has 3 unspecified atom stereocenters. The molecule has 42 heavy (non-hydrogen) atoms. The molecule has 2 aliphatic rings. The molecule has 240 valence electrons. The number of nitrogens with one attached hydrogen (secondary N) is 1. The Labute approximate surface area is 255 Å². The van der Waals surface area contributed by atoms with Gasteiger partial charge in [0, 0.05) is 38.8 Å². The van der Waals surface area contributed by atoms with E-state index in [0.717, 1.165) is 38.6 Å². The van der Waals surface area contributed by atoms with Crippen molar-refractivity contribution in [2.24, 2.45) is 11.3 Å². The molecule has 2 fully saturated rings. The fraction of sp³-hybridized carbons (Fsp3) is 0.818. The number of carbonyl (C=O) groups is 4. The summed E-state index contributed by atoms with van der Waals surface area (Å²) in [7, 11) is 3.55. The van der Waals surface area contributed by atoms with Crippen LogP contribution in [0.25, 0.3) is 0 Å². The summed E-state index contributed by atoms with van der Waals surface area (Å²) in [5.41, 5.74) is 0.0135. The van der Waals surface area contributed by atoms with Crippen LogP contribution in [0.2, 0.25) is 0 Å². The zero-order chi connectivity index (χ0) is 31.9. The van der Waals surface area contributed by atoms with Crippen LogP contribution in [-0.2, 0) is 19.2 Å². The Morgan fingerprint density at radius 3 is 2.12 bits per heavy atom. The lowest BCUT2D eigenvalue weighted by molar-refractivity contribution is -0.142. The SMILES string of the molecule is CCCN(C)C(=O)C1CCCN1C(=O)/C(C)=C/[C@H](C(C)C)N(C)C(=O)C(NC(=O)C1CCCCN1C(C)C)C(C)(C)C. The standard InChI is InChI=1S/C33H59N5O4/c1-12-18-35(10)31(41)26-17-15-20-38(26)30(40)24(6)21-27(22(2)3)36(11)32(42)28(33(7,8)9)34-29(39)25-16-13-14-19-37(25)23(4)5/h21-23,25-28H,12-20H2,1-11H3,(H,34,39)/b24-21+/t25?,26?,27-,28?/m1/s1. The molecule has 4 amide bonds. The van der Waals surface area contributed by atoms with Gasteiger partial charge in [0.2, 0.25) is 23.6 Å². The smallest absolute Gasteiger partial charge is 0.249 e. The number of amides is 4. The average Bonchev–Trinajstić information content (AvgIpc) is 3.41. The van der Waals surface area contributed by atoms with Gasteiger partial charge < -0.3 is 20.0 Å². The fourth-order valence-corrected chi connectivity index (χ4v) is 6.36. The van der Waals surface area contributed by atoms with Crippen LogP contribution < -0.4 is 5.32 Å². The summed E-state index contributed by atoms with van der Waals surface area (Å²) in [5.74, 6) is -0.409. The first kappa shape index (κ1) is 35.8. The molecule has 0 aromatic carbocycles. The number of carbonyl (C=O) groups excluding carboxylic acids is 4. The summed E-state index contributed by atoms with van der Waals surface area (Å²) in [6.07, 6.45) is 7.06. The van der Waals surface area contributed by atoms with Crippen molar-refractivity contribution in [2.75, 3.05) is 33.7 Å². The third kappa shape index (κ3) is 8.80. The van der Waals surface area contributed by atoms with Crippen molar-refractivity contribution >= 4 is 23.6 Å². The molecule has 2 saturated heterocycles. The maximum atomic E-state index is 14.1. The first-order chi connectivity index (χ1) is 19.5. The minimum Gasteiger partial charge on any atom is -0.344 e. The van der Waals surface area contributed by atoms with Crippen molar-refractivity contribution in [1.29, 1.82) is 0 Å². The predicted octanol–water partition coefficient (Wildman–Crippen LogP) is 4.07. The highest BCUT2D eigenvalue weighted by Crippen LogP contribution is 2.27. The van der Waals surface area contributed by atoms with Crippen molar-refractivity contribution in [3.63, 3.8) is 0 Å². The van der Waals surface area contributed by atoms with Crippen molar-refractivity contribution in [1.82, 2.24) is 24.9 Å². The Balaban J connectivity index is 2.27. The molecule has 2 rings (SSSR count). The van der Waals surface area contributed by atoms with Gasteiger partial charge in [0.1, 0.15) is 12.1 Å². The molecule has 9 heteroatoms. The largest absolute Gasteiger partial charge is 0.344 e. The summed E-state index contributed by atoms with van der Waals surface area (Å²) >= 11 is 0. The minimum absolute atomic E-state index is 0.0130. The Morgan fingerprint density at radius 1 is 0.952 bits per heavy atom.